The van der Waals surface area contributed by atoms with Crippen molar-refractivity contribution in [3.05, 3.63) is 16.4 Å². The first-order valence-electron chi connectivity index (χ1n) is 6.14. The Morgan fingerprint density at radius 1 is 1.53 bits per heavy atom. The average Bonchev–Trinajstić information content (AvgIpc) is 2.71. The van der Waals surface area contributed by atoms with Crippen molar-refractivity contribution < 1.29 is 4.79 Å². The highest BCUT2D eigenvalue weighted by atomic mass is 79.9. The molecule has 5 heteroatoms. The van der Waals surface area contributed by atoms with E-state index in [0.717, 1.165) is 42.9 Å². The van der Waals surface area contributed by atoms with Crippen molar-refractivity contribution in [3.63, 3.8) is 0 Å². The molecule has 94 valence electrons. The van der Waals surface area contributed by atoms with E-state index in [9.17, 15) is 4.79 Å². The van der Waals surface area contributed by atoms with Crippen molar-refractivity contribution in [2.75, 3.05) is 13.1 Å². The number of hydrogen-bond acceptors (Lipinski definition) is 2. The van der Waals surface area contributed by atoms with Crippen LogP contribution in [0.1, 0.15) is 37.2 Å². The summed E-state index contributed by atoms with van der Waals surface area (Å²) in [5.74, 6) is 0.784. The molecule has 0 unspecified atom stereocenters. The van der Waals surface area contributed by atoms with Crippen molar-refractivity contribution in [3.8, 4) is 0 Å². The van der Waals surface area contributed by atoms with E-state index in [1.54, 1.807) is 4.68 Å². The number of aromatic nitrogens is 2. The average molecular weight is 300 g/mol. The fourth-order valence-corrected chi connectivity index (χ4v) is 2.55. The van der Waals surface area contributed by atoms with Crippen LogP contribution in [0.4, 0.5) is 0 Å². The van der Waals surface area contributed by atoms with Crippen LogP contribution in [0.3, 0.4) is 0 Å². The van der Waals surface area contributed by atoms with E-state index in [1.165, 1.54) is 0 Å². The van der Waals surface area contributed by atoms with Gasteiger partial charge in [0.25, 0.3) is 5.91 Å². The Morgan fingerprint density at radius 3 is 2.71 bits per heavy atom. The van der Waals surface area contributed by atoms with Gasteiger partial charge in [-0.2, -0.15) is 5.10 Å². The van der Waals surface area contributed by atoms with Crippen LogP contribution in [-0.2, 0) is 6.54 Å². The maximum Gasteiger partial charge on any atom is 0.275 e. The maximum atomic E-state index is 12.3. The van der Waals surface area contributed by atoms with Crippen molar-refractivity contribution in [1.29, 1.82) is 0 Å². The minimum Gasteiger partial charge on any atom is -0.337 e. The zero-order valence-electron chi connectivity index (χ0n) is 10.3. The summed E-state index contributed by atoms with van der Waals surface area (Å²) in [7, 11) is 0. The van der Waals surface area contributed by atoms with Crippen molar-refractivity contribution >= 4 is 21.8 Å². The second-order valence-electron chi connectivity index (χ2n) is 4.66. The van der Waals surface area contributed by atoms with E-state index in [1.807, 2.05) is 18.0 Å². The molecule has 1 aromatic heterocycles. The largest absolute Gasteiger partial charge is 0.337 e. The molecule has 0 atom stereocenters. The van der Waals surface area contributed by atoms with Crippen LogP contribution >= 0.6 is 15.9 Å². The summed E-state index contributed by atoms with van der Waals surface area (Å²) in [4.78, 5) is 14.2. The molecule has 1 fully saturated rings. The molecule has 0 aliphatic carbocycles. The summed E-state index contributed by atoms with van der Waals surface area (Å²) < 4.78 is 2.58. The lowest BCUT2D eigenvalue weighted by Gasteiger charge is -2.29. The van der Waals surface area contributed by atoms with Crippen LogP contribution in [-0.4, -0.2) is 33.7 Å². The van der Waals surface area contributed by atoms with E-state index >= 15 is 0 Å². The Morgan fingerprint density at radius 2 is 2.18 bits per heavy atom. The Kier molecular flexibility index (Phi) is 3.86. The number of rotatable bonds is 2. The summed E-state index contributed by atoms with van der Waals surface area (Å²) in [6.07, 6.45) is 4.05. The Labute approximate surface area is 110 Å². The molecule has 17 heavy (non-hydrogen) atoms. The number of nitrogens with zero attached hydrogens (tertiary/aromatic N) is 3. The fraction of sp³-hybridized carbons (Fsp3) is 0.667. The smallest absolute Gasteiger partial charge is 0.275 e. The molecule has 1 saturated heterocycles. The van der Waals surface area contributed by atoms with Crippen molar-refractivity contribution in [1.82, 2.24) is 14.7 Å². The Bertz CT molecular complexity index is 408. The molecule has 0 spiro atoms. The van der Waals surface area contributed by atoms with Gasteiger partial charge in [-0.3, -0.25) is 9.48 Å². The molecule has 0 bridgehead atoms. The summed E-state index contributed by atoms with van der Waals surface area (Å²) in [6.45, 7) is 6.74. The molecule has 1 aliphatic heterocycles. The molecule has 4 nitrogen and oxygen atoms in total. The van der Waals surface area contributed by atoms with E-state index in [4.69, 9.17) is 0 Å². The SMILES string of the molecule is CCn1cc(Br)c(C(=O)N2CCC(C)CC2)n1. The minimum atomic E-state index is 0.0518. The van der Waals surface area contributed by atoms with Gasteiger partial charge in [0.2, 0.25) is 0 Å². The highest BCUT2D eigenvalue weighted by Gasteiger charge is 2.24. The molecule has 1 aliphatic rings. The highest BCUT2D eigenvalue weighted by molar-refractivity contribution is 9.10. The predicted octanol–water partition coefficient (Wildman–Crippen LogP) is 2.54. The van der Waals surface area contributed by atoms with Gasteiger partial charge in [0.1, 0.15) is 0 Å². The van der Waals surface area contributed by atoms with Crippen LogP contribution in [0.25, 0.3) is 0 Å². The molecule has 0 N–H and O–H groups in total. The van der Waals surface area contributed by atoms with Crippen LogP contribution in [0, 0.1) is 5.92 Å². The third kappa shape index (κ3) is 2.70. The van der Waals surface area contributed by atoms with Gasteiger partial charge in [0.15, 0.2) is 5.69 Å². The maximum absolute atomic E-state index is 12.3. The number of amides is 1. The summed E-state index contributed by atoms with van der Waals surface area (Å²) in [5, 5.41) is 4.30. The number of carbonyl (C=O) groups excluding carboxylic acids is 1. The molecule has 1 aromatic rings. The molecule has 1 amide bonds. The standard InChI is InChI=1S/C12H18BrN3O/c1-3-16-8-10(13)11(14-16)12(17)15-6-4-9(2)5-7-15/h8-9H,3-7H2,1-2H3. The van der Waals surface area contributed by atoms with E-state index in [-0.39, 0.29) is 5.91 Å². The van der Waals surface area contributed by atoms with Crippen LogP contribution < -0.4 is 0 Å². The first kappa shape index (κ1) is 12.6. The zero-order valence-corrected chi connectivity index (χ0v) is 11.9. The van der Waals surface area contributed by atoms with Crippen LogP contribution in [0.5, 0.6) is 0 Å². The van der Waals surface area contributed by atoms with Gasteiger partial charge < -0.3 is 4.90 Å². The van der Waals surface area contributed by atoms with Gasteiger partial charge in [0, 0.05) is 25.8 Å². The number of hydrogen-bond donors (Lipinski definition) is 0. The minimum absolute atomic E-state index is 0.0518. The number of carbonyl (C=O) groups is 1. The number of likely N-dealkylation sites (tertiary alicyclic amines) is 1. The van der Waals surface area contributed by atoms with E-state index in [0.29, 0.717) is 5.69 Å². The lowest BCUT2D eigenvalue weighted by atomic mass is 9.99. The molecule has 0 radical (unpaired) electrons. The third-order valence-electron chi connectivity index (χ3n) is 3.31. The Hall–Kier alpha value is -0.840. The number of aryl methyl sites for hydroxylation is 1. The summed E-state index contributed by atoms with van der Waals surface area (Å²) >= 11 is 3.41. The zero-order chi connectivity index (χ0) is 12.4. The molecular formula is C12H18BrN3O. The normalized spacial score (nSPS) is 17.5. The van der Waals surface area contributed by atoms with Gasteiger partial charge in [-0.15, -0.1) is 0 Å². The molecule has 0 aromatic carbocycles. The molecule has 2 heterocycles. The fourth-order valence-electron chi connectivity index (χ4n) is 2.07. The molecular weight excluding hydrogens is 282 g/mol. The second-order valence-corrected chi connectivity index (χ2v) is 5.51. The van der Waals surface area contributed by atoms with E-state index < -0.39 is 0 Å². The first-order chi connectivity index (χ1) is 8.11. The van der Waals surface area contributed by atoms with Crippen LogP contribution in [0.15, 0.2) is 10.7 Å². The monoisotopic (exact) mass is 299 g/mol. The molecule has 2 rings (SSSR count). The van der Waals surface area contributed by atoms with Gasteiger partial charge in [-0.25, -0.2) is 0 Å². The van der Waals surface area contributed by atoms with Crippen molar-refractivity contribution in [2.24, 2.45) is 5.92 Å². The van der Waals surface area contributed by atoms with Gasteiger partial charge in [0.05, 0.1) is 4.47 Å². The highest BCUT2D eigenvalue weighted by Crippen LogP contribution is 2.21. The second kappa shape index (κ2) is 5.21. The molecule has 0 saturated carbocycles. The van der Waals surface area contributed by atoms with E-state index in [2.05, 4.69) is 28.0 Å². The number of halogens is 1. The lowest BCUT2D eigenvalue weighted by molar-refractivity contribution is 0.0689. The predicted molar refractivity (Wildman–Crippen MR) is 69.9 cm³/mol. The lowest BCUT2D eigenvalue weighted by Crippen LogP contribution is -2.38. The van der Waals surface area contributed by atoms with Gasteiger partial charge >= 0.3 is 0 Å². The van der Waals surface area contributed by atoms with Crippen molar-refractivity contribution in [2.45, 2.75) is 33.2 Å². The summed E-state index contributed by atoms with van der Waals surface area (Å²) in [5.41, 5.74) is 0.543. The quantitative estimate of drug-likeness (QED) is 0.842. The summed E-state index contributed by atoms with van der Waals surface area (Å²) in [6, 6.07) is 0. The van der Waals surface area contributed by atoms with Gasteiger partial charge in [-0.1, -0.05) is 6.92 Å². The number of piperidine rings is 1. The topological polar surface area (TPSA) is 38.1 Å². The van der Waals surface area contributed by atoms with Gasteiger partial charge in [-0.05, 0) is 41.6 Å². The first-order valence-corrected chi connectivity index (χ1v) is 6.93. The van der Waals surface area contributed by atoms with Crippen LogP contribution in [0.2, 0.25) is 0 Å². The third-order valence-corrected chi connectivity index (χ3v) is 3.89. The Balaban J connectivity index is 2.11.